The maximum absolute atomic E-state index is 13.1. The minimum atomic E-state index is -0.173. The summed E-state index contributed by atoms with van der Waals surface area (Å²) in [6.07, 6.45) is 1.72. The highest BCUT2D eigenvalue weighted by atomic mass is 16.5. The molecule has 0 aromatic heterocycles. The van der Waals surface area contributed by atoms with Crippen molar-refractivity contribution in [3.05, 3.63) is 102 Å². The Morgan fingerprint density at radius 2 is 1.59 bits per heavy atom. The van der Waals surface area contributed by atoms with E-state index >= 15 is 0 Å². The van der Waals surface area contributed by atoms with Gasteiger partial charge in [-0.3, -0.25) is 4.79 Å². The van der Waals surface area contributed by atoms with E-state index in [1.807, 2.05) is 91.9 Å². The van der Waals surface area contributed by atoms with Crippen LogP contribution in [-0.4, -0.2) is 18.2 Å². The normalized spacial score (nSPS) is 14.8. The fourth-order valence-corrected chi connectivity index (χ4v) is 3.07. The van der Waals surface area contributed by atoms with Crippen LogP contribution >= 0.6 is 0 Å². The third kappa shape index (κ3) is 4.04. The van der Waals surface area contributed by atoms with Crippen molar-refractivity contribution in [3.63, 3.8) is 0 Å². The molecule has 0 fully saturated rings. The highest BCUT2D eigenvalue weighted by molar-refractivity contribution is 6.35. The van der Waals surface area contributed by atoms with E-state index in [9.17, 15) is 4.79 Å². The summed E-state index contributed by atoms with van der Waals surface area (Å²) in [6, 6.07) is 26.7. The second-order valence-corrected chi connectivity index (χ2v) is 6.43. The largest absolute Gasteiger partial charge is 0.494 e. The molecule has 1 amide bonds. The molecule has 3 aromatic carbocycles. The number of para-hydroxylation sites is 1. The van der Waals surface area contributed by atoms with Crippen molar-refractivity contribution in [1.29, 1.82) is 0 Å². The average Bonchev–Trinajstić information content (AvgIpc) is 3.11. The Kier molecular flexibility index (Phi) is 5.38. The summed E-state index contributed by atoms with van der Waals surface area (Å²) < 4.78 is 5.47. The molecule has 5 nitrogen and oxygen atoms in total. The van der Waals surface area contributed by atoms with E-state index in [2.05, 4.69) is 10.4 Å². The van der Waals surface area contributed by atoms with E-state index in [1.54, 1.807) is 6.20 Å². The summed E-state index contributed by atoms with van der Waals surface area (Å²) in [5, 5.41) is 9.26. The number of nitrogens with zero attached hydrogens (tertiary/aromatic N) is 2. The molecule has 5 heteroatoms. The number of carbonyl (C=O) groups is 1. The lowest BCUT2D eigenvalue weighted by molar-refractivity contribution is -0.114. The summed E-state index contributed by atoms with van der Waals surface area (Å²) >= 11 is 0. The lowest BCUT2D eigenvalue weighted by atomic mass is 10.0. The molecule has 0 saturated heterocycles. The van der Waals surface area contributed by atoms with Crippen LogP contribution < -0.4 is 15.1 Å². The number of ether oxygens (including phenoxy) is 1. The summed E-state index contributed by atoms with van der Waals surface area (Å²) in [5.74, 6) is 0.637. The van der Waals surface area contributed by atoms with Gasteiger partial charge in [-0.2, -0.15) is 10.1 Å². The summed E-state index contributed by atoms with van der Waals surface area (Å²) in [6.45, 7) is 2.57. The molecule has 0 atom stereocenters. The second kappa shape index (κ2) is 8.44. The highest BCUT2D eigenvalue weighted by Crippen LogP contribution is 2.26. The summed E-state index contributed by atoms with van der Waals surface area (Å²) in [4.78, 5) is 13.1. The Morgan fingerprint density at radius 1 is 0.931 bits per heavy atom. The Labute approximate surface area is 169 Å². The SMILES string of the molecule is CCOc1ccc(NC=C2C(=O)N(c3ccccc3)N=C2c2ccccc2)cc1. The Morgan fingerprint density at radius 3 is 2.24 bits per heavy atom. The lowest BCUT2D eigenvalue weighted by Crippen LogP contribution is -2.21. The molecule has 0 saturated carbocycles. The van der Waals surface area contributed by atoms with Crippen molar-refractivity contribution >= 4 is 23.0 Å². The lowest BCUT2D eigenvalue weighted by Gasteiger charge is -2.11. The van der Waals surface area contributed by atoms with Crippen LogP contribution in [0.15, 0.2) is 102 Å². The van der Waals surface area contributed by atoms with E-state index < -0.39 is 0 Å². The van der Waals surface area contributed by atoms with E-state index in [0.29, 0.717) is 17.9 Å². The number of hydrogen-bond donors (Lipinski definition) is 1. The number of amides is 1. The van der Waals surface area contributed by atoms with Crippen LogP contribution in [0, 0.1) is 0 Å². The van der Waals surface area contributed by atoms with Gasteiger partial charge in [-0.15, -0.1) is 0 Å². The molecule has 0 unspecified atom stereocenters. The molecule has 144 valence electrons. The van der Waals surface area contributed by atoms with Crippen molar-refractivity contribution in [2.45, 2.75) is 6.92 Å². The van der Waals surface area contributed by atoms with Crippen LogP contribution in [0.2, 0.25) is 0 Å². The number of benzene rings is 3. The molecule has 1 aliphatic rings. The first kappa shape index (κ1) is 18.5. The Bertz CT molecular complexity index is 1040. The molecule has 1 heterocycles. The first-order valence-electron chi connectivity index (χ1n) is 9.49. The average molecular weight is 383 g/mol. The molecule has 4 rings (SSSR count). The van der Waals surface area contributed by atoms with Crippen LogP contribution in [0.3, 0.4) is 0 Å². The van der Waals surface area contributed by atoms with Gasteiger partial charge in [0.2, 0.25) is 0 Å². The topological polar surface area (TPSA) is 53.9 Å². The van der Waals surface area contributed by atoms with Crippen LogP contribution in [0.25, 0.3) is 0 Å². The smallest absolute Gasteiger partial charge is 0.282 e. The van der Waals surface area contributed by atoms with Gasteiger partial charge >= 0.3 is 0 Å². The van der Waals surface area contributed by atoms with Gasteiger partial charge in [-0.25, -0.2) is 0 Å². The standard InChI is InChI=1S/C24H21N3O2/c1-2-29-21-15-13-19(14-16-21)25-17-22-23(18-9-5-3-6-10-18)26-27(24(22)28)20-11-7-4-8-12-20/h3-17,25H,2H2,1H3. The van der Waals surface area contributed by atoms with Gasteiger partial charge in [-0.05, 0) is 43.3 Å². The second-order valence-electron chi connectivity index (χ2n) is 6.43. The maximum atomic E-state index is 13.1. The van der Waals surface area contributed by atoms with Gasteiger partial charge in [-0.1, -0.05) is 48.5 Å². The fraction of sp³-hybridized carbons (Fsp3) is 0.0833. The van der Waals surface area contributed by atoms with Crippen LogP contribution in [-0.2, 0) is 4.79 Å². The summed E-state index contributed by atoms with van der Waals surface area (Å²) in [5.41, 5.74) is 3.63. The zero-order valence-electron chi connectivity index (χ0n) is 16.1. The minimum absolute atomic E-state index is 0.173. The van der Waals surface area contributed by atoms with Gasteiger partial charge in [0.1, 0.15) is 11.5 Å². The zero-order valence-corrected chi connectivity index (χ0v) is 16.1. The first-order valence-corrected chi connectivity index (χ1v) is 9.49. The number of rotatable bonds is 6. The van der Waals surface area contributed by atoms with Gasteiger partial charge in [0.15, 0.2) is 0 Å². The third-order valence-corrected chi connectivity index (χ3v) is 4.47. The maximum Gasteiger partial charge on any atom is 0.282 e. The minimum Gasteiger partial charge on any atom is -0.494 e. The van der Waals surface area contributed by atoms with Gasteiger partial charge in [0.05, 0.1) is 17.9 Å². The number of hydrogen-bond acceptors (Lipinski definition) is 4. The first-order chi connectivity index (χ1) is 14.3. The molecule has 0 spiro atoms. The predicted molar refractivity (Wildman–Crippen MR) is 116 cm³/mol. The molecule has 0 radical (unpaired) electrons. The number of anilines is 2. The number of nitrogens with one attached hydrogen (secondary N) is 1. The zero-order chi connectivity index (χ0) is 20.1. The van der Waals surface area contributed by atoms with E-state index in [-0.39, 0.29) is 5.91 Å². The van der Waals surface area contributed by atoms with Crippen LogP contribution in [0.5, 0.6) is 5.75 Å². The van der Waals surface area contributed by atoms with Crippen molar-refractivity contribution < 1.29 is 9.53 Å². The molecule has 1 N–H and O–H groups in total. The molecule has 0 aliphatic carbocycles. The fourth-order valence-electron chi connectivity index (χ4n) is 3.07. The summed E-state index contributed by atoms with van der Waals surface area (Å²) in [7, 11) is 0. The Balaban J connectivity index is 1.65. The van der Waals surface area contributed by atoms with Gasteiger partial charge < -0.3 is 10.1 Å². The Hall–Kier alpha value is -3.86. The van der Waals surface area contributed by atoms with Crippen molar-refractivity contribution in [2.24, 2.45) is 5.10 Å². The van der Waals surface area contributed by atoms with Crippen LogP contribution in [0.1, 0.15) is 12.5 Å². The van der Waals surface area contributed by atoms with Crippen molar-refractivity contribution in [2.75, 3.05) is 16.9 Å². The van der Waals surface area contributed by atoms with Crippen LogP contribution in [0.4, 0.5) is 11.4 Å². The van der Waals surface area contributed by atoms with E-state index in [1.165, 1.54) is 5.01 Å². The third-order valence-electron chi connectivity index (χ3n) is 4.47. The molecule has 1 aliphatic heterocycles. The molecule has 3 aromatic rings. The quantitative estimate of drug-likeness (QED) is 0.620. The highest BCUT2D eigenvalue weighted by Gasteiger charge is 2.31. The molecular weight excluding hydrogens is 362 g/mol. The molecule has 0 bridgehead atoms. The monoisotopic (exact) mass is 383 g/mol. The molecule has 29 heavy (non-hydrogen) atoms. The van der Waals surface area contributed by atoms with Crippen molar-refractivity contribution in [1.82, 2.24) is 0 Å². The van der Waals surface area contributed by atoms with Gasteiger partial charge in [0.25, 0.3) is 5.91 Å². The van der Waals surface area contributed by atoms with E-state index in [0.717, 1.165) is 22.7 Å². The molecular formula is C24H21N3O2. The predicted octanol–water partition coefficient (Wildman–Crippen LogP) is 4.83. The van der Waals surface area contributed by atoms with Crippen molar-refractivity contribution in [3.8, 4) is 5.75 Å². The van der Waals surface area contributed by atoms with Gasteiger partial charge in [0, 0.05) is 17.5 Å². The number of carbonyl (C=O) groups excluding carboxylic acids is 1. The number of hydrazone groups is 1. The van der Waals surface area contributed by atoms with E-state index in [4.69, 9.17) is 4.74 Å².